The van der Waals surface area contributed by atoms with Crippen molar-refractivity contribution in [1.82, 2.24) is 9.55 Å². The van der Waals surface area contributed by atoms with Crippen molar-refractivity contribution >= 4 is 44.6 Å². The molecule has 0 amide bonds. The summed E-state index contributed by atoms with van der Waals surface area (Å²) >= 11 is 0. The zero-order valence-corrected chi connectivity index (χ0v) is 37.9. The van der Waals surface area contributed by atoms with Crippen molar-refractivity contribution in [3.8, 4) is 39.6 Å². The number of nitrogens with zero attached hydrogens (tertiary/aromatic N) is 4. The van der Waals surface area contributed by atoms with Crippen molar-refractivity contribution in [3.63, 3.8) is 0 Å². The molecule has 0 saturated carbocycles. The molecule has 0 N–H and O–H groups in total. The standard InChI is InChI=1S/C58H52F2N4O/c1-36(2)38-26-39(37(3)4)28-40(27-38)48-17-13-18-49(41-29-43(59)32-44(60)30-41)57(48)63-35-62(53-20-10-11-21-54(53)63)45-14-12-15-46(33-45)65-47-22-23-51-50-16-8-9-19-52(50)64(55(51)34-47)56-31-42(24-25-61-56)58(5,6)7/h8-34,36-37H,35H2,1-7H3. The lowest BCUT2D eigenvalue weighted by Crippen LogP contribution is -2.25. The molecule has 1 aliphatic heterocycles. The van der Waals surface area contributed by atoms with Gasteiger partial charge in [-0.05, 0) is 112 Å². The molecule has 0 fully saturated rings. The van der Waals surface area contributed by atoms with E-state index in [2.05, 4.69) is 160 Å². The number of hydrogen-bond donors (Lipinski definition) is 0. The van der Waals surface area contributed by atoms with Gasteiger partial charge in [-0.2, -0.15) is 0 Å². The van der Waals surface area contributed by atoms with Gasteiger partial charge in [0.25, 0.3) is 0 Å². The van der Waals surface area contributed by atoms with E-state index in [-0.39, 0.29) is 5.41 Å². The maximum Gasteiger partial charge on any atom is 0.137 e. The predicted octanol–water partition coefficient (Wildman–Crippen LogP) is 16.4. The van der Waals surface area contributed by atoms with Crippen molar-refractivity contribution in [2.75, 3.05) is 16.5 Å². The SMILES string of the molecule is CC(C)c1cc(-c2cccc(-c3cc(F)cc(F)c3)c2N2CN(c3cccc(Oc4ccc5c6ccccc6n(-c6cc(C(C)(C)C)ccn6)c5c4)c3)c3ccccc32)cc(C(C)C)c1. The molecule has 0 atom stereocenters. The normalized spacial score (nSPS) is 12.8. The Morgan fingerprint density at radius 1 is 0.554 bits per heavy atom. The van der Waals surface area contributed by atoms with E-state index >= 15 is 8.78 Å². The summed E-state index contributed by atoms with van der Waals surface area (Å²) < 4.78 is 39.1. The minimum atomic E-state index is -0.618. The molecule has 0 spiro atoms. The summed E-state index contributed by atoms with van der Waals surface area (Å²) in [5.74, 6) is 1.64. The molecule has 0 bridgehead atoms. The molecule has 5 nitrogen and oxygen atoms in total. The van der Waals surface area contributed by atoms with Crippen LogP contribution in [0.2, 0.25) is 0 Å². The smallest absolute Gasteiger partial charge is 0.137 e. The first-order valence-corrected chi connectivity index (χ1v) is 22.5. The molecule has 65 heavy (non-hydrogen) atoms. The van der Waals surface area contributed by atoms with Crippen LogP contribution in [0.4, 0.5) is 31.5 Å². The van der Waals surface area contributed by atoms with Gasteiger partial charge in [0.15, 0.2) is 0 Å². The lowest BCUT2D eigenvalue weighted by atomic mass is 9.88. The van der Waals surface area contributed by atoms with Gasteiger partial charge in [-0.1, -0.05) is 121 Å². The second-order valence-electron chi connectivity index (χ2n) is 18.8. The number of aromatic nitrogens is 2. The molecule has 0 saturated heterocycles. The van der Waals surface area contributed by atoms with Gasteiger partial charge in [0, 0.05) is 52.0 Å². The summed E-state index contributed by atoms with van der Waals surface area (Å²) in [6.07, 6.45) is 1.90. The lowest BCUT2D eigenvalue weighted by Gasteiger charge is -2.28. The van der Waals surface area contributed by atoms with E-state index in [1.165, 1.54) is 28.8 Å². The second kappa shape index (κ2) is 16.4. The molecule has 7 aromatic carbocycles. The monoisotopic (exact) mass is 858 g/mol. The fraction of sp³-hybridized carbons (Fsp3) is 0.190. The van der Waals surface area contributed by atoms with Crippen LogP contribution in [-0.4, -0.2) is 16.2 Å². The van der Waals surface area contributed by atoms with E-state index in [4.69, 9.17) is 9.72 Å². The summed E-state index contributed by atoms with van der Waals surface area (Å²) in [6.45, 7) is 16.0. The average molecular weight is 859 g/mol. The van der Waals surface area contributed by atoms with Gasteiger partial charge in [-0.15, -0.1) is 0 Å². The van der Waals surface area contributed by atoms with Crippen LogP contribution in [0.5, 0.6) is 11.5 Å². The largest absolute Gasteiger partial charge is 0.457 e. The van der Waals surface area contributed by atoms with Gasteiger partial charge < -0.3 is 14.5 Å². The molecule has 9 aromatic rings. The molecule has 324 valence electrons. The van der Waals surface area contributed by atoms with E-state index < -0.39 is 11.6 Å². The lowest BCUT2D eigenvalue weighted by molar-refractivity contribution is 0.483. The van der Waals surface area contributed by atoms with E-state index in [0.717, 1.165) is 73.1 Å². The Balaban J connectivity index is 1.06. The van der Waals surface area contributed by atoms with Crippen molar-refractivity contribution in [2.45, 2.75) is 65.7 Å². The van der Waals surface area contributed by atoms with Crippen LogP contribution in [0.15, 0.2) is 164 Å². The van der Waals surface area contributed by atoms with Gasteiger partial charge in [0.05, 0.1) is 28.1 Å². The summed E-state index contributed by atoms with van der Waals surface area (Å²) in [5.41, 5.74) is 12.8. The highest BCUT2D eigenvalue weighted by Crippen LogP contribution is 2.51. The number of anilines is 4. The van der Waals surface area contributed by atoms with Crippen molar-refractivity contribution in [2.24, 2.45) is 0 Å². The first kappa shape index (κ1) is 41.7. The number of para-hydroxylation sites is 4. The van der Waals surface area contributed by atoms with E-state index in [9.17, 15) is 0 Å². The zero-order valence-electron chi connectivity index (χ0n) is 37.9. The maximum atomic E-state index is 15.0. The van der Waals surface area contributed by atoms with Crippen LogP contribution in [0.3, 0.4) is 0 Å². The van der Waals surface area contributed by atoms with Gasteiger partial charge in [-0.25, -0.2) is 13.8 Å². The van der Waals surface area contributed by atoms with Crippen LogP contribution in [0, 0.1) is 11.6 Å². The van der Waals surface area contributed by atoms with E-state index in [1.807, 2.05) is 48.7 Å². The Bertz CT molecular complexity index is 3220. The Morgan fingerprint density at radius 3 is 1.86 bits per heavy atom. The van der Waals surface area contributed by atoms with Crippen molar-refractivity contribution in [1.29, 1.82) is 0 Å². The second-order valence-corrected chi connectivity index (χ2v) is 18.8. The molecule has 0 radical (unpaired) electrons. The number of fused-ring (bicyclic) bond motifs is 4. The molecule has 3 heterocycles. The van der Waals surface area contributed by atoms with Crippen LogP contribution in [0.1, 0.15) is 77.0 Å². The molecular formula is C58H52F2N4O. The third-order valence-corrected chi connectivity index (χ3v) is 12.7. The van der Waals surface area contributed by atoms with E-state index in [1.54, 1.807) is 0 Å². The average Bonchev–Trinajstić information content (AvgIpc) is 3.84. The Labute approximate surface area is 380 Å². The Morgan fingerprint density at radius 2 is 1.17 bits per heavy atom. The fourth-order valence-corrected chi connectivity index (χ4v) is 9.25. The topological polar surface area (TPSA) is 33.5 Å². The molecule has 10 rings (SSSR count). The quantitative estimate of drug-likeness (QED) is 0.145. The molecular weight excluding hydrogens is 807 g/mol. The van der Waals surface area contributed by atoms with Gasteiger partial charge in [-0.3, -0.25) is 4.57 Å². The summed E-state index contributed by atoms with van der Waals surface area (Å²) in [6, 6.07) is 52.2. The minimum absolute atomic E-state index is 0.0358. The number of ether oxygens (including phenoxy) is 1. The number of hydrogen-bond acceptors (Lipinski definition) is 4. The third kappa shape index (κ3) is 7.79. The third-order valence-electron chi connectivity index (χ3n) is 12.7. The van der Waals surface area contributed by atoms with Crippen LogP contribution >= 0.6 is 0 Å². The Hall–Kier alpha value is -7.25. The summed E-state index contributed by atoms with van der Waals surface area (Å²) in [5, 5.41) is 2.27. The fourth-order valence-electron chi connectivity index (χ4n) is 9.25. The highest BCUT2D eigenvalue weighted by molar-refractivity contribution is 6.09. The van der Waals surface area contributed by atoms with E-state index in [0.29, 0.717) is 35.6 Å². The molecule has 1 aliphatic rings. The first-order valence-electron chi connectivity index (χ1n) is 22.5. The van der Waals surface area contributed by atoms with Crippen molar-refractivity contribution in [3.05, 3.63) is 192 Å². The highest BCUT2D eigenvalue weighted by Gasteiger charge is 2.32. The predicted molar refractivity (Wildman–Crippen MR) is 265 cm³/mol. The summed E-state index contributed by atoms with van der Waals surface area (Å²) in [4.78, 5) is 9.42. The van der Waals surface area contributed by atoms with Crippen LogP contribution < -0.4 is 14.5 Å². The molecule has 7 heteroatoms. The minimum Gasteiger partial charge on any atom is -0.457 e. The number of benzene rings is 7. The maximum absolute atomic E-state index is 15.0. The van der Waals surface area contributed by atoms with Crippen LogP contribution in [0.25, 0.3) is 49.9 Å². The number of pyridine rings is 1. The number of rotatable bonds is 9. The highest BCUT2D eigenvalue weighted by atomic mass is 19.1. The van der Waals surface area contributed by atoms with Crippen LogP contribution in [-0.2, 0) is 5.41 Å². The number of halogens is 2. The first-order chi connectivity index (χ1) is 31.3. The van der Waals surface area contributed by atoms with Crippen molar-refractivity contribution < 1.29 is 13.5 Å². The summed E-state index contributed by atoms with van der Waals surface area (Å²) in [7, 11) is 0. The zero-order chi connectivity index (χ0) is 45.1. The molecule has 0 unspecified atom stereocenters. The van der Waals surface area contributed by atoms with Gasteiger partial charge in [0.2, 0.25) is 0 Å². The van der Waals surface area contributed by atoms with Gasteiger partial charge in [0.1, 0.15) is 35.6 Å². The Kier molecular flexibility index (Phi) is 10.5. The molecule has 0 aliphatic carbocycles. The van der Waals surface area contributed by atoms with Gasteiger partial charge >= 0.3 is 0 Å². The molecule has 2 aromatic heterocycles.